The summed E-state index contributed by atoms with van der Waals surface area (Å²) < 4.78 is 20.6. The van der Waals surface area contributed by atoms with Crippen LogP contribution in [0.4, 0.5) is 5.69 Å². The number of carbonyl (C=O) groups excluding carboxylic acids is 3. The van der Waals surface area contributed by atoms with Crippen LogP contribution in [0.15, 0.2) is 72.8 Å². The molecule has 62 heavy (non-hydrogen) atoms. The van der Waals surface area contributed by atoms with E-state index in [0.717, 1.165) is 63.3 Å². The minimum atomic E-state index is -1.54. The molecule has 3 heterocycles. The Morgan fingerprint density at radius 3 is 2.45 bits per heavy atom. The first-order valence-corrected chi connectivity index (χ1v) is 22.6. The van der Waals surface area contributed by atoms with Gasteiger partial charge in [-0.05, 0) is 104 Å². The van der Waals surface area contributed by atoms with Crippen LogP contribution in [0, 0.1) is 28.6 Å². The maximum atomic E-state index is 12.4. The number of anilines is 1. The van der Waals surface area contributed by atoms with Crippen LogP contribution in [-0.4, -0.2) is 111 Å². The predicted molar refractivity (Wildman–Crippen MR) is 233 cm³/mol. The molecule has 5 fully saturated rings. The van der Waals surface area contributed by atoms with Gasteiger partial charge in [0.25, 0.3) is 0 Å². The van der Waals surface area contributed by atoms with Gasteiger partial charge in [-0.25, -0.2) is 4.98 Å². The van der Waals surface area contributed by atoms with E-state index in [9.17, 15) is 29.7 Å². The number of allylic oxidation sites excluding steroid dienone is 1. The summed E-state index contributed by atoms with van der Waals surface area (Å²) in [5.41, 5.74) is 0.589. The third-order valence-corrected chi connectivity index (χ3v) is 15.7. The second kappa shape index (κ2) is 17.6. The van der Waals surface area contributed by atoms with Gasteiger partial charge < -0.3 is 43.9 Å². The van der Waals surface area contributed by atoms with E-state index in [2.05, 4.69) is 16.8 Å². The molecule has 3 saturated carbocycles. The van der Waals surface area contributed by atoms with E-state index in [1.807, 2.05) is 52.9 Å². The molecule has 0 spiro atoms. The summed E-state index contributed by atoms with van der Waals surface area (Å²) in [7, 11) is 0. The molecule has 334 valence electrons. The van der Waals surface area contributed by atoms with Gasteiger partial charge >= 0.3 is 0 Å². The van der Waals surface area contributed by atoms with Crippen molar-refractivity contribution in [2.24, 2.45) is 28.6 Å². The number of carbonyl (C=O) groups is 3. The normalized spacial score (nSPS) is 34.0. The summed E-state index contributed by atoms with van der Waals surface area (Å²) >= 11 is 12.7. The highest BCUT2D eigenvalue weighted by Gasteiger charge is 2.68. The second-order valence-electron chi connectivity index (χ2n) is 18.5. The summed E-state index contributed by atoms with van der Waals surface area (Å²) in [5, 5.41) is 32.7. The average Bonchev–Trinajstić information content (AvgIpc) is 3.99. The standard InChI is InChI=1S/C26H28Cl2N4O4.C21H30O5/c1-19(33)31-10-12-32(13-11-31)21-3-5-22(6-4-21)34-15-23-16-35-26(36-23,17-30-9-8-29-18-30)24-7-2-20(27)14-25(24)28;1-19-7-5-13(23)9-12(19)3-4-14-15-6-8-21(26,17(25)11-22)20(15,2)10-16(24)18(14)19/h2-9,14,18,23H,10-13,15-17H2,1H3;9,14-16,18,22,24,26H,3-8,10-11H2,1-2H3/t23-,26-;14-,15-,16-,18+,19-,20-,21-/m00/s1. The molecule has 1 amide bonds. The van der Waals surface area contributed by atoms with E-state index in [1.165, 1.54) is 5.57 Å². The van der Waals surface area contributed by atoms with E-state index >= 15 is 0 Å². The number of aromatic nitrogens is 2. The number of aliphatic hydroxyl groups is 3. The van der Waals surface area contributed by atoms with Gasteiger partial charge in [0.05, 0.1) is 30.6 Å². The van der Waals surface area contributed by atoms with Crippen LogP contribution in [0.1, 0.15) is 71.3 Å². The number of benzene rings is 2. The van der Waals surface area contributed by atoms with Gasteiger partial charge in [-0.3, -0.25) is 14.4 Å². The first kappa shape index (κ1) is 44.8. The third-order valence-electron chi connectivity index (χ3n) is 15.2. The van der Waals surface area contributed by atoms with Gasteiger partial charge in [0, 0.05) is 73.6 Å². The molecule has 13 nitrogen and oxygen atoms in total. The van der Waals surface area contributed by atoms with E-state index in [0.29, 0.717) is 54.6 Å². The fraction of sp³-hybridized carbons (Fsp3) is 0.574. The Morgan fingerprint density at radius 2 is 1.77 bits per heavy atom. The molecule has 6 aliphatic rings. The molecule has 15 heteroatoms. The van der Waals surface area contributed by atoms with Crippen molar-refractivity contribution in [1.82, 2.24) is 14.5 Å². The van der Waals surface area contributed by atoms with Gasteiger partial charge in [0.15, 0.2) is 11.6 Å². The highest BCUT2D eigenvalue weighted by Crippen LogP contribution is 2.67. The first-order valence-electron chi connectivity index (χ1n) is 21.8. The van der Waals surface area contributed by atoms with Crippen molar-refractivity contribution in [2.75, 3.05) is 50.9 Å². The summed E-state index contributed by atoms with van der Waals surface area (Å²) in [6.07, 6.45) is 10.7. The molecule has 9 atom stereocenters. The maximum Gasteiger partial charge on any atom is 0.219 e. The van der Waals surface area contributed by atoms with Crippen molar-refractivity contribution in [3.05, 3.63) is 88.4 Å². The fourth-order valence-electron chi connectivity index (χ4n) is 11.9. The first-order chi connectivity index (χ1) is 29.6. The molecule has 3 N–H and O–H groups in total. The number of nitrogens with zero attached hydrogens (tertiary/aromatic N) is 4. The minimum Gasteiger partial charge on any atom is -0.491 e. The Kier molecular flexibility index (Phi) is 12.7. The number of imidazole rings is 1. The topological polar surface area (TPSA) is 164 Å². The monoisotopic (exact) mass is 892 g/mol. The van der Waals surface area contributed by atoms with Crippen molar-refractivity contribution in [3.63, 3.8) is 0 Å². The van der Waals surface area contributed by atoms with Gasteiger partial charge in [-0.1, -0.05) is 48.7 Å². The van der Waals surface area contributed by atoms with Crippen molar-refractivity contribution >= 4 is 46.4 Å². The van der Waals surface area contributed by atoms with E-state index in [-0.39, 0.29) is 41.0 Å². The average molecular weight is 894 g/mol. The lowest BCUT2D eigenvalue weighted by atomic mass is 9.45. The molecular weight excluding hydrogens is 835 g/mol. The van der Waals surface area contributed by atoms with Crippen molar-refractivity contribution in [1.29, 1.82) is 0 Å². The molecule has 2 saturated heterocycles. The number of halogens is 2. The minimum absolute atomic E-state index is 0.0697. The fourth-order valence-corrected chi connectivity index (χ4v) is 12.4. The number of amides is 1. The Balaban J connectivity index is 0.000000180. The molecule has 2 aliphatic heterocycles. The largest absolute Gasteiger partial charge is 0.491 e. The van der Waals surface area contributed by atoms with Gasteiger partial charge in [0.1, 0.15) is 30.7 Å². The van der Waals surface area contributed by atoms with E-state index < -0.39 is 35.3 Å². The summed E-state index contributed by atoms with van der Waals surface area (Å²) in [6, 6.07) is 13.3. The number of ketones is 2. The zero-order chi connectivity index (χ0) is 44.0. The predicted octanol–water partition coefficient (Wildman–Crippen LogP) is 5.99. The zero-order valence-electron chi connectivity index (χ0n) is 35.7. The van der Waals surface area contributed by atoms with Crippen LogP contribution >= 0.6 is 23.2 Å². The van der Waals surface area contributed by atoms with Gasteiger partial charge in [-0.2, -0.15) is 0 Å². The van der Waals surface area contributed by atoms with Crippen molar-refractivity contribution < 1.29 is 43.9 Å². The zero-order valence-corrected chi connectivity index (χ0v) is 37.2. The number of fused-ring (bicyclic) bond motifs is 5. The lowest BCUT2D eigenvalue weighted by molar-refractivity contribution is -0.189. The molecule has 3 aromatic rings. The molecule has 0 bridgehead atoms. The summed E-state index contributed by atoms with van der Waals surface area (Å²) in [6.45, 7) is 9.26. The van der Waals surface area contributed by atoms with E-state index in [4.69, 9.17) is 37.4 Å². The highest BCUT2D eigenvalue weighted by atomic mass is 35.5. The van der Waals surface area contributed by atoms with E-state index in [1.54, 1.807) is 37.7 Å². The second-order valence-corrected chi connectivity index (χ2v) is 19.4. The third kappa shape index (κ3) is 8.23. The number of rotatable bonds is 9. The number of piperazine rings is 1. The lowest BCUT2D eigenvalue weighted by Gasteiger charge is -2.60. The smallest absolute Gasteiger partial charge is 0.219 e. The Morgan fingerprint density at radius 1 is 1.02 bits per heavy atom. The Hall–Kier alpha value is -3.82. The molecule has 9 rings (SSSR count). The molecular formula is C47H58Cl2N4O9. The molecule has 0 radical (unpaired) electrons. The number of Topliss-reactive ketones (excluding diaryl/α,β-unsaturated/α-hetero) is 1. The number of ether oxygens (including phenoxy) is 3. The van der Waals surface area contributed by atoms with Crippen LogP contribution in [0.3, 0.4) is 0 Å². The SMILES string of the molecule is CC(=O)N1CCN(c2ccc(OC[C@H]3CO[C@](Cn4ccnc4)(c4ccc(Cl)cc4Cl)O3)cc2)CC1.C[C@]12CCC(=O)C=C1CC[C@@H]1[C@@H]2[C@@H](O)C[C@@]2(C)[C@H]1CC[C@]2(O)C(=O)CO. The van der Waals surface area contributed by atoms with Gasteiger partial charge in [-0.15, -0.1) is 0 Å². The number of hydrogen-bond acceptors (Lipinski definition) is 11. The van der Waals surface area contributed by atoms with Crippen LogP contribution in [0.5, 0.6) is 5.75 Å². The number of hydrogen-bond donors (Lipinski definition) is 3. The highest BCUT2D eigenvalue weighted by molar-refractivity contribution is 6.35. The van der Waals surface area contributed by atoms with Crippen molar-refractivity contribution in [3.8, 4) is 5.75 Å². The number of aliphatic hydroxyl groups excluding tert-OH is 2. The maximum absolute atomic E-state index is 12.4. The van der Waals surface area contributed by atoms with Crippen LogP contribution in [-0.2, 0) is 36.2 Å². The molecule has 1 aromatic heterocycles. The van der Waals surface area contributed by atoms with Gasteiger partial charge in [0.2, 0.25) is 11.7 Å². The Labute approximate surface area is 372 Å². The summed E-state index contributed by atoms with van der Waals surface area (Å²) in [5.74, 6) is -0.0613. The molecule has 2 aromatic carbocycles. The molecule has 4 aliphatic carbocycles. The van der Waals surface area contributed by atoms with Crippen LogP contribution in [0.2, 0.25) is 10.0 Å². The molecule has 0 unspecified atom stereocenters. The van der Waals surface area contributed by atoms with Crippen LogP contribution in [0.25, 0.3) is 0 Å². The van der Waals surface area contributed by atoms with Crippen LogP contribution < -0.4 is 9.64 Å². The van der Waals surface area contributed by atoms with Crippen molar-refractivity contribution in [2.45, 2.75) is 95.9 Å². The lowest BCUT2D eigenvalue weighted by Crippen LogP contribution is -2.62. The summed E-state index contributed by atoms with van der Waals surface area (Å²) in [4.78, 5) is 44.1. The Bertz CT molecular complexity index is 2160. The quantitative estimate of drug-likeness (QED) is 0.232.